The van der Waals surface area contributed by atoms with Crippen LogP contribution in [-0.2, 0) is 17.9 Å². The summed E-state index contributed by atoms with van der Waals surface area (Å²) in [6.45, 7) is 2.91. The van der Waals surface area contributed by atoms with Crippen LogP contribution in [0.25, 0.3) is 22.7 Å². The zero-order chi connectivity index (χ0) is 18.6. The van der Waals surface area contributed by atoms with Crippen LogP contribution in [-0.4, -0.2) is 42.5 Å². The molecule has 0 aliphatic heterocycles. The van der Waals surface area contributed by atoms with Gasteiger partial charge in [0.05, 0.1) is 18.3 Å². The number of hydrogen-bond acceptors (Lipinski definition) is 7. The molecule has 0 fully saturated rings. The second-order valence-electron chi connectivity index (χ2n) is 6.03. The minimum Gasteiger partial charge on any atom is -0.459 e. The first-order valence-electron chi connectivity index (χ1n) is 8.67. The van der Waals surface area contributed by atoms with E-state index in [1.54, 1.807) is 21.7 Å². The van der Waals surface area contributed by atoms with Crippen LogP contribution in [0.2, 0.25) is 0 Å². The van der Waals surface area contributed by atoms with Gasteiger partial charge in [0.15, 0.2) is 5.76 Å². The molecule has 1 aromatic carbocycles. The van der Waals surface area contributed by atoms with Crippen molar-refractivity contribution in [1.82, 2.24) is 30.1 Å². The van der Waals surface area contributed by atoms with Crippen LogP contribution >= 0.6 is 0 Å². The van der Waals surface area contributed by atoms with Crippen LogP contribution in [0.5, 0.6) is 0 Å². The van der Waals surface area contributed by atoms with Crippen molar-refractivity contribution in [3.63, 3.8) is 0 Å². The van der Waals surface area contributed by atoms with Gasteiger partial charge >= 0.3 is 0 Å². The maximum Gasteiger partial charge on any atom is 0.283 e. The van der Waals surface area contributed by atoms with Gasteiger partial charge in [0.2, 0.25) is 11.8 Å². The van der Waals surface area contributed by atoms with Crippen molar-refractivity contribution in [1.29, 1.82) is 0 Å². The van der Waals surface area contributed by atoms with Crippen LogP contribution in [0.1, 0.15) is 19.2 Å². The van der Waals surface area contributed by atoms with Crippen LogP contribution < -0.4 is 0 Å². The van der Waals surface area contributed by atoms with E-state index in [0.29, 0.717) is 24.1 Å². The number of fused-ring (bicyclic) bond motifs is 1. The molecule has 3 aromatic heterocycles. The molecule has 138 valence electrons. The highest BCUT2D eigenvalue weighted by Crippen LogP contribution is 2.19. The van der Waals surface area contributed by atoms with E-state index < -0.39 is 0 Å². The van der Waals surface area contributed by atoms with Gasteiger partial charge in [-0.2, -0.15) is 0 Å². The molecule has 3 heterocycles. The van der Waals surface area contributed by atoms with E-state index in [1.165, 1.54) is 6.26 Å². The Bertz CT molecular complexity index is 1040. The number of carbonyl (C=O) groups is 1. The van der Waals surface area contributed by atoms with Gasteiger partial charge < -0.3 is 13.7 Å². The highest BCUT2D eigenvalue weighted by Gasteiger charge is 2.19. The smallest absolute Gasteiger partial charge is 0.283 e. The first-order valence-corrected chi connectivity index (χ1v) is 8.67. The molecule has 9 heteroatoms. The summed E-state index contributed by atoms with van der Waals surface area (Å²) < 4.78 is 12.5. The number of rotatable bonds is 7. The first kappa shape index (κ1) is 17.0. The Labute approximate surface area is 154 Å². The maximum atomic E-state index is 12.8. The number of nitrogens with zero attached hydrogens (tertiary/aromatic N) is 6. The second-order valence-corrected chi connectivity index (χ2v) is 6.03. The molecule has 27 heavy (non-hydrogen) atoms. The summed E-state index contributed by atoms with van der Waals surface area (Å²) in [6.07, 6.45) is 2.34. The van der Waals surface area contributed by atoms with Gasteiger partial charge in [0, 0.05) is 6.54 Å². The number of aromatic nitrogens is 5. The fraction of sp³-hybridized carbons (Fsp3) is 0.278. The zero-order valence-corrected chi connectivity index (χ0v) is 14.8. The van der Waals surface area contributed by atoms with Crippen molar-refractivity contribution in [2.24, 2.45) is 0 Å². The molecule has 0 radical (unpaired) electrons. The molecule has 0 saturated carbocycles. The SMILES string of the molecule is CCCN(Cc1nnc(-c2ccco2)o1)C(=O)Cn1nnc2ccccc21. The Balaban J connectivity index is 1.49. The van der Waals surface area contributed by atoms with Gasteiger partial charge in [0.1, 0.15) is 12.1 Å². The lowest BCUT2D eigenvalue weighted by Gasteiger charge is -2.20. The Hall–Kier alpha value is -3.49. The van der Waals surface area contributed by atoms with Gasteiger partial charge in [-0.25, -0.2) is 4.68 Å². The van der Waals surface area contributed by atoms with E-state index in [1.807, 2.05) is 31.2 Å². The quantitative estimate of drug-likeness (QED) is 0.495. The third-order valence-electron chi connectivity index (χ3n) is 4.08. The fourth-order valence-electron chi connectivity index (χ4n) is 2.80. The summed E-state index contributed by atoms with van der Waals surface area (Å²) in [5.74, 6) is 1.05. The second kappa shape index (κ2) is 7.40. The molecule has 0 unspecified atom stereocenters. The Morgan fingerprint density at radius 2 is 2.04 bits per heavy atom. The van der Waals surface area contributed by atoms with Crippen LogP contribution in [0.4, 0.5) is 0 Å². The Morgan fingerprint density at radius 1 is 1.15 bits per heavy atom. The Kier molecular flexibility index (Phi) is 4.65. The summed E-state index contributed by atoms with van der Waals surface area (Å²) in [5.41, 5.74) is 1.58. The summed E-state index contributed by atoms with van der Waals surface area (Å²) >= 11 is 0. The highest BCUT2D eigenvalue weighted by molar-refractivity contribution is 5.79. The average Bonchev–Trinajstić information content (AvgIpc) is 3.42. The zero-order valence-electron chi connectivity index (χ0n) is 14.8. The van der Waals surface area contributed by atoms with E-state index in [2.05, 4.69) is 20.5 Å². The molecule has 9 nitrogen and oxygen atoms in total. The van der Waals surface area contributed by atoms with E-state index in [9.17, 15) is 4.79 Å². The molecule has 0 saturated heterocycles. The van der Waals surface area contributed by atoms with Crippen molar-refractivity contribution in [3.05, 3.63) is 48.6 Å². The number of benzene rings is 1. The summed E-state index contributed by atoms with van der Waals surface area (Å²) in [5, 5.41) is 16.2. The number of amides is 1. The molecular formula is C18H18N6O3. The lowest BCUT2D eigenvalue weighted by atomic mass is 10.3. The molecule has 0 aliphatic rings. The van der Waals surface area contributed by atoms with Crippen LogP contribution in [0.15, 0.2) is 51.5 Å². The van der Waals surface area contributed by atoms with E-state index in [0.717, 1.165) is 17.5 Å². The molecule has 4 aromatic rings. The van der Waals surface area contributed by atoms with Crippen molar-refractivity contribution in [3.8, 4) is 11.7 Å². The standard InChI is InChI=1S/C18H18N6O3/c1-2-9-23(11-16-20-21-18(27-16)15-8-5-10-26-15)17(25)12-24-14-7-4-3-6-13(14)19-22-24/h3-8,10H,2,9,11-12H2,1H3. The van der Waals surface area contributed by atoms with Gasteiger partial charge in [-0.3, -0.25) is 4.79 Å². The third kappa shape index (κ3) is 3.57. The van der Waals surface area contributed by atoms with E-state index >= 15 is 0 Å². The summed E-state index contributed by atoms with van der Waals surface area (Å²) in [4.78, 5) is 14.5. The molecule has 0 atom stereocenters. The predicted molar refractivity (Wildman–Crippen MR) is 95.2 cm³/mol. The van der Waals surface area contributed by atoms with Crippen LogP contribution in [0, 0.1) is 0 Å². The van der Waals surface area contributed by atoms with Crippen LogP contribution in [0.3, 0.4) is 0 Å². The van der Waals surface area contributed by atoms with Crippen molar-refractivity contribution in [2.75, 3.05) is 6.54 Å². The summed E-state index contributed by atoms with van der Waals surface area (Å²) in [6, 6.07) is 11.0. The summed E-state index contributed by atoms with van der Waals surface area (Å²) in [7, 11) is 0. The van der Waals surface area contributed by atoms with Crippen molar-refractivity contribution < 1.29 is 13.6 Å². The van der Waals surface area contributed by atoms with E-state index in [4.69, 9.17) is 8.83 Å². The van der Waals surface area contributed by atoms with E-state index in [-0.39, 0.29) is 19.0 Å². The first-order chi connectivity index (χ1) is 13.2. The molecular weight excluding hydrogens is 348 g/mol. The predicted octanol–water partition coefficient (Wildman–Crippen LogP) is 2.51. The highest BCUT2D eigenvalue weighted by atomic mass is 16.4. The molecule has 0 spiro atoms. The average molecular weight is 366 g/mol. The minimum absolute atomic E-state index is 0.0924. The van der Waals surface area contributed by atoms with Gasteiger partial charge in [-0.05, 0) is 30.7 Å². The normalized spacial score (nSPS) is 11.1. The molecule has 0 aliphatic carbocycles. The number of para-hydroxylation sites is 1. The fourth-order valence-corrected chi connectivity index (χ4v) is 2.80. The van der Waals surface area contributed by atoms with Gasteiger partial charge in [0.25, 0.3) is 5.89 Å². The topological polar surface area (TPSA) is 103 Å². The minimum atomic E-state index is -0.0924. The maximum absolute atomic E-state index is 12.8. The lowest BCUT2D eigenvalue weighted by Crippen LogP contribution is -2.34. The van der Waals surface area contributed by atoms with Crippen molar-refractivity contribution >= 4 is 16.9 Å². The monoisotopic (exact) mass is 366 g/mol. The van der Waals surface area contributed by atoms with Gasteiger partial charge in [-0.1, -0.05) is 24.3 Å². The largest absolute Gasteiger partial charge is 0.459 e. The number of hydrogen-bond donors (Lipinski definition) is 0. The third-order valence-corrected chi connectivity index (χ3v) is 4.08. The molecule has 4 rings (SSSR count). The Morgan fingerprint density at radius 3 is 2.85 bits per heavy atom. The number of carbonyl (C=O) groups excluding carboxylic acids is 1. The number of furan rings is 1. The van der Waals surface area contributed by atoms with Crippen molar-refractivity contribution in [2.45, 2.75) is 26.4 Å². The lowest BCUT2D eigenvalue weighted by molar-refractivity contribution is -0.133. The molecule has 0 N–H and O–H groups in total. The van der Waals surface area contributed by atoms with Gasteiger partial charge in [-0.15, -0.1) is 15.3 Å². The molecule has 1 amide bonds. The molecule has 0 bridgehead atoms.